The predicted octanol–water partition coefficient (Wildman–Crippen LogP) is 1.53. The number of nitro benzene ring substituents is 1. The highest BCUT2D eigenvalue weighted by atomic mass is 79.9. The molecule has 0 saturated heterocycles. The fraction of sp³-hybridized carbons (Fsp3) is 0.222. The Morgan fingerprint density at radius 1 is 1.56 bits per heavy atom. The number of halogens is 1. The van der Waals surface area contributed by atoms with Crippen molar-refractivity contribution in [3.05, 3.63) is 38.3 Å². The zero-order valence-electron chi connectivity index (χ0n) is 8.14. The minimum absolute atomic E-state index is 0.0349. The van der Waals surface area contributed by atoms with Gasteiger partial charge >= 0.3 is 5.97 Å². The number of aliphatic carboxylic acids is 1. The fourth-order valence-electron chi connectivity index (χ4n) is 1.16. The van der Waals surface area contributed by atoms with Gasteiger partial charge in [-0.2, -0.15) is 0 Å². The number of nitrogens with one attached hydrogen (secondary N) is 1. The Balaban J connectivity index is 2.78. The van der Waals surface area contributed by atoms with Crippen molar-refractivity contribution in [3.63, 3.8) is 0 Å². The maximum absolute atomic E-state index is 10.7. The second kappa shape index (κ2) is 5.57. The fourth-order valence-corrected chi connectivity index (χ4v) is 1.51. The minimum atomic E-state index is -1.00. The topological polar surface area (TPSA) is 92.5 Å². The van der Waals surface area contributed by atoms with Gasteiger partial charge in [-0.3, -0.25) is 14.9 Å². The number of benzene rings is 1. The van der Waals surface area contributed by atoms with Crippen LogP contribution in [0.15, 0.2) is 22.7 Å². The Morgan fingerprint density at radius 2 is 2.25 bits per heavy atom. The van der Waals surface area contributed by atoms with Crippen LogP contribution in [0.2, 0.25) is 0 Å². The molecule has 0 unspecified atom stereocenters. The summed E-state index contributed by atoms with van der Waals surface area (Å²) in [5, 5.41) is 21.7. The average Bonchev–Trinajstić information content (AvgIpc) is 2.19. The molecule has 0 bridgehead atoms. The molecule has 1 aromatic rings. The van der Waals surface area contributed by atoms with Crippen LogP contribution in [0.25, 0.3) is 0 Å². The molecule has 0 spiro atoms. The SMILES string of the molecule is O=C(O)CNCc1ccc(Br)cc1[N+](=O)[O-]. The lowest BCUT2D eigenvalue weighted by Crippen LogP contribution is -2.22. The van der Waals surface area contributed by atoms with Crippen molar-refractivity contribution in [2.45, 2.75) is 6.54 Å². The van der Waals surface area contributed by atoms with Crippen LogP contribution < -0.4 is 5.32 Å². The molecule has 1 aromatic carbocycles. The first-order valence-corrected chi connectivity index (χ1v) is 5.15. The lowest BCUT2D eigenvalue weighted by atomic mass is 10.2. The Hall–Kier alpha value is -1.47. The molecule has 0 amide bonds. The number of carboxylic acids is 1. The zero-order chi connectivity index (χ0) is 12.1. The van der Waals surface area contributed by atoms with Gasteiger partial charge < -0.3 is 10.4 Å². The molecule has 0 aliphatic heterocycles. The third-order valence-electron chi connectivity index (χ3n) is 1.84. The second-order valence-electron chi connectivity index (χ2n) is 3.03. The van der Waals surface area contributed by atoms with E-state index in [0.717, 1.165) is 0 Å². The van der Waals surface area contributed by atoms with E-state index in [1.807, 2.05) is 0 Å². The van der Waals surface area contributed by atoms with E-state index in [2.05, 4.69) is 21.2 Å². The van der Waals surface area contributed by atoms with Crippen molar-refractivity contribution in [3.8, 4) is 0 Å². The molecule has 0 aliphatic carbocycles. The van der Waals surface area contributed by atoms with E-state index in [0.29, 0.717) is 10.0 Å². The minimum Gasteiger partial charge on any atom is -0.480 e. The second-order valence-corrected chi connectivity index (χ2v) is 3.94. The first kappa shape index (κ1) is 12.6. The van der Waals surface area contributed by atoms with Crippen molar-refractivity contribution in [2.24, 2.45) is 0 Å². The van der Waals surface area contributed by atoms with Crippen molar-refractivity contribution in [1.82, 2.24) is 5.32 Å². The Morgan fingerprint density at radius 3 is 2.81 bits per heavy atom. The van der Waals surface area contributed by atoms with Crippen LogP contribution in [0.3, 0.4) is 0 Å². The van der Waals surface area contributed by atoms with Crippen LogP contribution in [0.1, 0.15) is 5.56 Å². The number of nitrogens with zero attached hydrogens (tertiary/aromatic N) is 1. The van der Waals surface area contributed by atoms with Gasteiger partial charge in [-0.1, -0.05) is 15.9 Å². The normalized spacial score (nSPS) is 10.1. The smallest absolute Gasteiger partial charge is 0.317 e. The van der Waals surface area contributed by atoms with Gasteiger partial charge in [-0.25, -0.2) is 0 Å². The molecule has 0 aromatic heterocycles. The lowest BCUT2D eigenvalue weighted by Gasteiger charge is -2.03. The predicted molar refractivity (Wildman–Crippen MR) is 60.1 cm³/mol. The zero-order valence-corrected chi connectivity index (χ0v) is 9.73. The van der Waals surface area contributed by atoms with E-state index in [-0.39, 0.29) is 18.8 Å². The molecule has 0 aliphatic rings. The Labute approximate surface area is 99.6 Å². The summed E-state index contributed by atoms with van der Waals surface area (Å²) in [5.41, 5.74) is 0.418. The first-order valence-electron chi connectivity index (χ1n) is 4.36. The maximum atomic E-state index is 10.7. The van der Waals surface area contributed by atoms with E-state index in [1.54, 1.807) is 12.1 Å². The highest BCUT2D eigenvalue weighted by molar-refractivity contribution is 9.10. The number of rotatable bonds is 5. The Kier molecular flexibility index (Phi) is 4.39. The molecule has 1 rings (SSSR count). The number of nitro groups is 1. The molecule has 2 N–H and O–H groups in total. The van der Waals surface area contributed by atoms with Crippen molar-refractivity contribution in [1.29, 1.82) is 0 Å². The number of hydrogen-bond donors (Lipinski definition) is 2. The van der Waals surface area contributed by atoms with Gasteiger partial charge in [-0.15, -0.1) is 0 Å². The van der Waals surface area contributed by atoms with Crippen LogP contribution in [-0.4, -0.2) is 22.5 Å². The highest BCUT2D eigenvalue weighted by Gasteiger charge is 2.13. The van der Waals surface area contributed by atoms with Gasteiger partial charge in [0.1, 0.15) is 0 Å². The molecule has 7 heteroatoms. The number of carboxylic acid groups (broad SMARTS) is 1. The molecular weight excluding hydrogens is 280 g/mol. The summed E-state index contributed by atoms with van der Waals surface area (Å²) < 4.78 is 0.612. The summed E-state index contributed by atoms with van der Waals surface area (Å²) in [6, 6.07) is 4.64. The van der Waals surface area contributed by atoms with Gasteiger partial charge in [0.15, 0.2) is 0 Å². The monoisotopic (exact) mass is 288 g/mol. The molecule has 86 valence electrons. The third-order valence-corrected chi connectivity index (χ3v) is 2.33. The van der Waals surface area contributed by atoms with Crippen LogP contribution >= 0.6 is 15.9 Å². The van der Waals surface area contributed by atoms with Gasteiger partial charge in [0.2, 0.25) is 0 Å². The summed E-state index contributed by atoms with van der Waals surface area (Å²) in [6.07, 6.45) is 0. The molecule has 6 nitrogen and oxygen atoms in total. The first-order chi connectivity index (χ1) is 7.50. The van der Waals surface area contributed by atoms with E-state index < -0.39 is 10.9 Å². The van der Waals surface area contributed by atoms with E-state index in [9.17, 15) is 14.9 Å². The quantitative estimate of drug-likeness (QED) is 0.633. The molecule has 16 heavy (non-hydrogen) atoms. The van der Waals surface area contributed by atoms with Crippen LogP contribution in [0, 0.1) is 10.1 Å². The van der Waals surface area contributed by atoms with Crippen LogP contribution in [-0.2, 0) is 11.3 Å². The maximum Gasteiger partial charge on any atom is 0.317 e. The van der Waals surface area contributed by atoms with Gasteiger partial charge in [-0.05, 0) is 12.1 Å². The van der Waals surface area contributed by atoms with Gasteiger partial charge in [0, 0.05) is 22.6 Å². The standard InChI is InChI=1S/C9H9BrN2O4/c10-7-2-1-6(4-11-5-9(13)14)8(3-7)12(15)16/h1-3,11H,4-5H2,(H,13,14). The molecular formula is C9H9BrN2O4. The van der Waals surface area contributed by atoms with Crippen LogP contribution in [0.5, 0.6) is 0 Å². The summed E-state index contributed by atoms with van der Waals surface area (Å²) >= 11 is 3.14. The molecule has 0 saturated carbocycles. The summed E-state index contributed by atoms with van der Waals surface area (Å²) in [4.78, 5) is 20.5. The van der Waals surface area contributed by atoms with Gasteiger partial charge in [0.05, 0.1) is 11.5 Å². The molecule has 0 heterocycles. The number of carbonyl (C=O) groups is 1. The largest absolute Gasteiger partial charge is 0.480 e. The van der Waals surface area contributed by atoms with Crippen molar-refractivity contribution in [2.75, 3.05) is 6.54 Å². The van der Waals surface area contributed by atoms with Crippen LogP contribution in [0.4, 0.5) is 5.69 Å². The van der Waals surface area contributed by atoms with E-state index >= 15 is 0 Å². The van der Waals surface area contributed by atoms with Gasteiger partial charge in [0.25, 0.3) is 5.69 Å². The van der Waals surface area contributed by atoms with E-state index in [1.165, 1.54) is 6.07 Å². The van der Waals surface area contributed by atoms with E-state index in [4.69, 9.17) is 5.11 Å². The average molecular weight is 289 g/mol. The Bertz CT molecular complexity index is 422. The summed E-state index contributed by atoms with van der Waals surface area (Å²) in [7, 11) is 0. The van der Waals surface area contributed by atoms with Crippen molar-refractivity contribution >= 4 is 27.6 Å². The molecule has 0 radical (unpaired) electrons. The molecule has 0 atom stereocenters. The van der Waals surface area contributed by atoms with Crippen molar-refractivity contribution < 1.29 is 14.8 Å². The number of hydrogen-bond acceptors (Lipinski definition) is 4. The summed E-state index contributed by atoms with van der Waals surface area (Å²) in [5.74, 6) is -1.00. The molecule has 0 fully saturated rings. The highest BCUT2D eigenvalue weighted by Crippen LogP contribution is 2.23. The lowest BCUT2D eigenvalue weighted by molar-refractivity contribution is -0.385. The summed E-state index contributed by atoms with van der Waals surface area (Å²) in [6.45, 7) is -0.0802. The third kappa shape index (κ3) is 3.59.